The number of carboxylic acids is 2. The molecule has 8 nitrogen and oxygen atoms in total. The molecule has 0 aromatic rings. The number of likely N-dealkylation sites (N-methyl/N-ethyl adjacent to an activating group) is 2. The summed E-state index contributed by atoms with van der Waals surface area (Å²) in [7, 11) is 4.33. The molecule has 8 heteroatoms. The molecular weight excluding hydrogens is 288 g/mol. The van der Waals surface area contributed by atoms with Crippen LogP contribution in [-0.4, -0.2) is 97.4 Å². The Hall–Kier alpha value is -1.22. The fraction of sp³-hybridized carbons (Fsp3) is 0.857. The summed E-state index contributed by atoms with van der Waals surface area (Å²) in [5.74, 6) is -3.65. The summed E-state index contributed by atoms with van der Waals surface area (Å²) in [5.41, 5.74) is 0. The van der Waals surface area contributed by atoms with Gasteiger partial charge < -0.3 is 30.6 Å². The Kier molecular flexibility index (Phi) is 10.7. The van der Waals surface area contributed by atoms with Crippen LogP contribution in [0.2, 0.25) is 0 Å². The van der Waals surface area contributed by atoms with Crippen LogP contribution in [0.5, 0.6) is 0 Å². The molecule has 2 rings (SSSR count). The second-order valence-electron chi connectivity index (χ2n) is 5.85. The quantitative estimate of drug-likeness (QED) is 0.421. The Morgan fingerprint density at radius 1 is 0.864 bits per heavy atom. The highest BCUT2D eigenvalue weighted by Crippen LogP contribution is 1.93. The molecule has 0 aromatic carbocycles. The van der Waals surface area contributed by atoms with E-state index in [-0.39, 0.29) is 0 Å². The first-order chi connectivity index (χ1) is 10.2. The van der Waals surface area contributed by atoms with E-state index < -0.39 is 11.9 Å². The summed E-state index contributed by atoms with van der Waals surface area (Å²) in [6.07, 6.45) is 0. The molecule has 0 bridgehead atoms. The molecule has 22 heavy (non-hydrogen) atoms. The number of carbonyl (C=O) groups is 2. The van der Waals surface area contributed by atoms with Gasteiger partial charge in [0.05, 0.1) is 0 Å². The van der Waals surface area contributed by atoms with Gasteiger partial charge in [-0.15, -0.1) is 0 Å². The van der Waals surface area contributed by atoms with Crippen LogP contribution in [0.15, 0.2) is 0 Å². The van der Waals surface area contributed by atoms with Gasteiger partial charge >= 0.3 is 11.9 Å². The maximum atomic E-state index is 9.10. The summed E-state index contributed by atoms with van der Waals surface area (Å²) >= 11 is 0. The molecule has 0 amide bonds. The summed E-state index contributed by atoms with van der Waals surface area (Å²) in [5, 5.41) is 21.5. The predicted octanol–water partition coefficient (Wildman–Crippen LogP) is -1.02. The van der Waals surface area contributed by atoms with E-state index in [0.717, 1.165) is 13.1 Å². The minimum absolute atomic E-state index is 0.689. The highest BCUT2D eigenvalue weighted by molar-refractivity contribution is 6.27. The van der Waals surface area contributed by atoms with Gasteiger partial charge in [-0.25, -0.2) is 9.59 Å². The van der Waals surface area contributed by atoms with E-state index in [1.54, 1.807) is 0 Å². The zero-order valence-electron chi connectivity index (χ0n) is 14.0. The predicted molar refractivity (Wildman–Crippen MR) is 85.2 cm³/mol. The standard InChI is InChI=1S/2C6H14N2.C2H2O4/c2*1-6-5-8(2)4-3-7-6;3-1(4)2(5)6/h2*6-7H,3-5H2,1-2H3;(H,3,4)(H,5,6). The van der Waals surface area contributed by atoms with Gasteiger partial charge in [-0.1, -0.05) is 0 Å². The van der Waals surface area contributed by atoms with Crippen LogP contribution >= 0.6 is 0 Å². The summed E-state index contributed by atoms with van der Waals surface area (Å²) in [6.45, 7) is 11.5. The van der Waals surface area contributed by atoms with Gasteiger partial charge in [-0.05, 0) is 27.9 Å². The normalized spacial score (nSPS) is 26.0. The number of hydrogen-bond donors (Lipinski definition) is 4. The Morgan fingerprint density at radius 2 is 1.18 bits per heavy atom. The number of aliphatic carboxylic acids is 2. The number of rotatable bonds is 0. The Labute approximate surface area is 132 Å². The van der Waals surface area contributed by atoms with Gasteiger partial charge in [0.1, 0.15) is 0 Å². The van der Waals surface area contributed by atoms with Crippen LogP contribution < -0.4 is 10.6 Å². The van der Waals surface area contributed by atoms with Crippen LogP contribution in [0.1, 0.15) is 13.8 Å². The first-order valence-corrected chi connectivity index (χ1v) is 7.52. The number of nitrogens with one attached hydrogen (secondary N) is 2. The van der Waals surface area contributed by atoms with E-state index in [4.69, 9.17) is 19.8 Å². The molecule has 0 aliphatic carbocycles. The number of carboxylic acid groups (broad SMARTS) is 2. The number of hydrogen-bond acceptors (Lipinski definition) is 6. The molecular formula is C14H30N4O4. The molecule has 2 fully saturated rings. The van der Waals surface area contributed by atoms with Gasteiger partial charge in [-0.3, -0.25) is 0 Å². The minimum atomic E-state index is -1.82. The fourth-order valence-electron chi connectivity index (χ4n) is 2.25. The maximum absolute atomic E-state index is 9.10. The van der Waals surface area contributed by atoms with Crippen molar-refractivity contribution in [3.8, 4) is 0 Å². The average Bonchev–Trinajstić information content (AvgIpc) is 2.39. The Balaban J connectivity index is 0.000000306. The van der Waals surface area contributed by atoms with Gasteiger partial charge in [0.25, 0.3) is 0 Å². The molecule has 2 atom stereocenters. The molecule has 0 aromatic heterocycles. The Morgan fingerprint density at radius 3 is 1.32 bits per heavy atom. The third-order valence-corrected chi connectivity index (χ3v) is 3.33. The maximum Gasteiger partial charge on any atom is 0.414 e. The molecule has 2 heterocycles. The van der Waals surface area contributed by atoms with Crippen molar-refractivity contribution in [3.63, 3.8) is 0 Å². The monoisotopic (exact) mass is 318 g/mol. The number of nitrogens with zero attached hydrogens (tertiary/aromatic N) is 2. The van der Waals surface area contributed by atoms with Gasteiger partial charge in [-0.2, -0.15) is 0 Å². The first-order valence-electron chi connectivity index (χ1n) is 7.52. The summed E-state index contributed by atoms with van der Waals surface area (Å²) < 4.78 is 0. The van der Waals surface area contributed by atoms with E-state index in [1.807, 2.05) is 0 Å². The lowest BCUT2D eigenvalue weighted by molar-refractivity contribution is -0.159. The zero-order chi connectivity index (χ0) is 17.1. The van der Waals surface area contributed by atoms with Gasteiger partial charge in [0, 0.05) is 51.4 Å². The highest BCUT2D eigenvalue weighted by atomic mass is 16.4. The molecule has 2 aliphatic rings. The van der Waals surface area contributed by atoms with Crippen LogP contribution in [-0.2, 0) is 9.59 Å². The number of piperazine rings is 2. The van der Waals surface area contributed by atoms with Crippen LogP contribution in [0, 0.1) is 0 Å². The second kappa shape index (κ2) is 11.4. The molecule has 4 N–H and O–H groups in total. The van der Waals surface area contributed by atoms with Crippen molar-refractivity contribution >= 4 is 11.9 Å². The molecule has 2 unspecified atom stereocenters. The zero-order valence-corrected chi connectivity index (χ0v) is 14.0. The van der Waals surface area contributed by atoms with Crippen molar-refractivity contribution in [1.82, 2.24) is 20.4 Å². The smallest absolute Gasteiger partial charge is 0.414 e. The van der Waals surface area contributed by atoms with E-state index in [0.29, 0.717) is 12.1 Å². The fourth-order valence-corrected chi connectivity index (χ4v) is 2.25. The van der Waals surface area contributed by atoms with Crippen LogP contribution in [0.25, 0.3) is 0 Å². The molecule has 2 saturated heterocycles. The summed E-state index contributed by atoms with van der Waals surface area (Å²) in [4.78, 5) is 22.9. The van der Waals surface area contributed by atoms with Gasteiger partial charge in [0.2, 0.25) is 0 Å². The van der Waals surface area contributed by atoms with Crippen molar-refractivity contribution < 1.29 is 19.8 Å². The lowest BCUT2D eigenvalue weighted by Crippen LogP contribution is -2.47. The lowest BCUT2D eigenvalue weighted by atomic mass is 10.2. The van der Waals surface area contributed by atoms with Crippen molar-refractivity contribution in [3.05, 3.63) is 0 Å². The molecule has 0 spiro atoms. The van der Waals surface area contributed by atoms with Crippen molar-refractivity contribution in [2.45, 2.75) is 25.9 Å². The lowest BCUT2D eigenvalue weighted by Gasteiger charge is -2.28. The highest BCUT2D eigenvalue weighted by Gasteiger charge is 2.10. The van der Waals surface area contributed by atoms with Crippen molar-refractivity contribution in [2.75, 3.05) is 53.4 Å². The van der Waals surface area contributed by atoms with E-state index in [9.17, 15) is 0 Å². The van der Waals surface area contributed by atoms with E-state index in [1.165, 1.54) is 26.2 Å². The SMILES string of the molecule is CC1CN(C)CCN1.CC1CN(C)CCN1.O=C(O)C(=O)O. The summed E-state index contributed by atoms with van der Waals surface area (Å²) in [6, 6.07) is 1.38. The van der Waals surface area contributed by atoms with Gasteiger partial charge in [0.15, 0.2) is 0 Å². The molecule has 0 radical (unpaired) electrons. The molecule has 0 saturated carbocycles. The van der Waals surface area contributed by atoms with Crippen LogP contribution in [0.3, 0.4) is 0 Å². The largest absolute Gasteiger partial charge is 0.473 e. The minimum Gasteiger partial charge on any atom is -0.473 e. The molecule has 2 aliphatic heterocycles. The average molecular weight is 318 g/mol. The molecule has 130 valence electrons. The Bertz CT molecular complexity index is 293. The topological polar surface area (TPSA) is 105 Å². The van der Waals surface area contributed by atoms with E-state index in [2.05, 4.69) is 48.4 Å². The van der Waals surface area contributed by atoms with Crippen molar-refractivity contribution in [2.24, 2.45) is 0 Å². The van der Waals surface area contributed by atoms with Crippen LogP contribution in [0.4, 0.5) is 0 Å². The second-order valence-corrected chi connectivity index (χ2v) is 5.85. The van der Waals surface area contributed by atoms with E-state index >= 15 is 0 Å². The first kappa shape index (κ1) is 20.8. The third-order valence-electron chi connectivity index (χ3n) is 3.33. The van der Waals surface area contributed by atoms with Crippen molar-refractivity contribution in [1.29, 1.82) is 0 Å². The third kappa shape index (κ3) is 11.4.